The van der Waals surface area contributed by atoms with Gasteiger partial charge < -0.3 is 23.7 Å². The van der Waals surface area contributed by atoms with E-state index in [4.69, 9.17) is 23.7 Å². The summed E-state index contributed by atoms with van der Waals surface area (Å²) in [5, 5.41) is -0.780. The fourth-order valence-corrected chi connectivity index (χ4v) is 3.53. The van der Waals surface area contributed by atoms with Crippen LogP contribution in [0, 0.1) is 0 Å². The van der Waals surface area contributed by atoms with E-state index in [-0.39, 0.29) is 6.61 Å². The number of carbonyl (C=O) groups is 3. The topological polar surface area (TPSA) is 97.4 Å². The van der Waals surface area contributed by atoms with E-state index >= 15 is 0 Å². The quantitative estimate of drug-likeness (QED) is 0.348. The first-order valence-corrected chi connectivity index (χ1v) is 9.62. The van der Waals surface area contributed by atoms with Gasteiger partial charge in [0.2, 0.25) is 0 Å². The van der Waals surface area contributed by atoms with Crippen LogP contribution in [0.4, 0.5) is 0 Å². The lowest BCUT2D eigenvalue weighted by atomic mass is 9.99. The maximum atomic E-state index is 11.6. The van der Waals surface area contributed by atoms with Crippen LogP contribution in [0.1, 0.15) is 26.3 Å². The average molecular weight is 459 g/mol. The number of carbonyl (C=O) groups excluding carboxylic acids is 3. The van der Waals surface area contributed by atoms with Crippen LogP contribution in [0.2, 0.25) is 0 Å². The van der Waals surface area contributed by atoms with Gasteiger partial charge in [-0.1, -0.05) is 46.3 Å². The van der Waals surface area contributed by atoms with Crippen LogP contribution in [-0.4, -0.2) is 53.9 Å². The third kappa shape index (κ3) is 6.57. The van der Waals surface area contributed by atoms with Crippen LogP contribution in [-0.2, 0) is 44.7 Å². The number of halogens is 1. The van der Waals surface area contributed by atoms with Gasteiger partial charge in [0.25, 0.3) is 0 Å². The van der Waals surface area contributed by atoms with E-state index in [0.717, 1.165) is 5.56 Å². The smallest absolute Gasteiger partial charge is 0.303 e. The Bertz CT molecular complexity index is 680. The van der Waals surface area contributed by atoms with E-state index in [1.807, 2.05) is 30.3 Å². The number of hydrogen-bond donors (Lipinski definition) is 0. The molecule has 0 radical (unpaired) electrons. The van der Waals surface area contributed by atoms with Crippen molar-refractivity contribution in [2.75, 3.05) is 6.61 Å². The van der Waals surface area contributed by atoms with E-state index in [9.17, 15) is 14.4 Å². The van der Waals surface area contributed by atoms with Crippen molar-refractivity contribution in [2.24, 2.45) is 0 Å². The SMILES string of the molecule is CC(=O)O[C@@H]1[C@@H](OC(C)=O)[C@@H](Br)O[C@H](COCc2ccccc2)[C@H]1OC(C)=O. The fraction of sp³-hybridized carbons (Fsp3) is 0.526. The molecular weight excluding hydrogens is 436 g/mol. The van der Waals surface area contributed by atoms with Crippen LogP contribution in [0.15, 0.2) is 30.3 Å². The molecule has 8 nitrogen and oxygen atoms in total. The Kier molecular flexibility index (Phi) is 8.40. The summed E-state index contributed by atoms with van der Waals surface area (Å²) in [5.41, 5.74) is 0.965. The summed E-state index contributed by atoms with van der Waals surface area (Å²) in [7, 11) is 0. The summed E-state index contributed by atoms with van der Waals surface area (Å²) in [5.74, 6) is -1.78. The maximum absolute atomic E-state index is 11.6. The molecule has 1 saturated heterocycles. The molecule has 2 rings (SSSR count). The van der Waals surface area contributed by atoms with E-state index in [1.54, 1.807) is 0 Å². The third-order valence-electron chi connectivity index (χ3n) is 3.88. The monoisotopic (exact) mass is 458 g/mol. The van der Waals surface area contributed by atoms with Gasteiger partial charge in [0, 0.05) is 20.8 Å². The maximum Gasteiger partial charge on any atom is 0.303 e. The molecule has 1 aromatic rings. The first kappa shape index (κ1) is 22.3. The minimum atomic E-state index is -1.05. The molecule has 1 heterocycles. The van der Waals surface area contributed by atoms with Gasteiger partial charge in [-0.05, 0) is 5.56 Å². The number of ether oxygens (including phenoxy) is 5. The van der Waals surface area contributed by atoms with Gasteiger partial charge in [0.1, 0.15) is 6.10 Å². The Morgan fingerprint density at radius 1 is 0.893 bits per heavy atom. The lowest BCUT2D eigenvalue weighted by Gasteiger charge is -2.42. The fourth-order valence-electron chi connectivity index (χ4n) is 2.84. The van der Waals surface area contributed by atoms with Crippen LogP contribution in [0.3, 0.4) is 0 Å². The zero-order chi connectivity index (χ0) is 20.7. The molecule has 0 N–H and O–H groups in total. The summed E-state index contributed by atoms with van der Waals surface area (Å²) in [4.78, 5) is 34.7. The van der Waals surface area contributed by atoms with Crippen molar-refractivity contribution in [3.05, 3.63) is 35.9 Å². The number of hydrogen-bond acceptors (Lipinski definition) is 8. The highest BCUT2D eigenvalue weighted by Crippen LogP contribution is 2.31. The number of alkyl halides is 1. The van der Waals surface area contributed by atoms with Gasteiger partial charge in [-0.25, -0.2) is 0 Å². The summed E-state index contributed by atoms with van der Waals surface area (Å²) >= 11 is 3.30. The highest BCUT2D eigenvalue weighted by atomic mass is 79.9. The predicted molar refractivity (Wildman–Crippen MR) is 100 cm³/mol. The Labute approximate surface area is 171 Å². The molecule has 1 aromatic carbocycles. The first-order chi connectivity index (χ1) is 13.3. The molecule has 9 heteroatoms. The summed E-state index contributed by atoms with van der Waals surface area (Å²) < 4.78 is 27.4. The third-order valence-corrected chi connectivity index (χ3v) is 4.61. The van der Waals surface area contributed by atoms with Gasteiger partial charge in [-0.2, -0.15) is 0 Å². The van der Waals surface area contributed by atoms with Crippen LogP contribution in [0.25, 0.3) is 0 Å². The minimum absolute atomic E-state index is 0.0689. The van der Waals surface area contributed by atoms with Crippen LogP contribution >= 0.6 is 15.9 Å². The van der Waals surface area contributed by atoms with E-state index < -0.39 is 47.3 Å². The molecule has 154 valence electrons. The van der Waals surface area contributed by atoms with Gasteiger partial charge in [-0.15, -0.1) is 0 Å². The summed E-state index contributed by atoms with van der Waals surface area (Å²) in [6, 6.07) is 9.52. The second kappa shape index (κ2) is 10.5. The van der Waals surface area contributed by atoms with Crippen molar-refractivity contribution in [3.63, 3.8) is 0 Å². The molecule has 28 heavy (non-hydrogen) atoms. The van der Waals surface area contributed by atoms with Gasteiger partial charge in [0.05, 0.1) is 13.2 Å². The van der Waals surface area contributed by atoms with Gasteiger partial charge in [-0.3, -0.25) is 14.4 Å². The zero-order valence-electron chi connectivity index (χ0n) is 15.8. The largest absolute Gasteiger partial charge is 0.456 e. The second-order valence-electron chi connectivity index (χ2n) is 6.25. The normalized spacial score (nSPS) is 26.9. The zero-order valence-corrected chi connectivity index (χ0v) is 17.4. The highest BCUT2D eigenvalue weighted by Gasteiger charge is 2.51. The molecular formula is C19H23BrO8. The average Bonchev–Trinajstić information content (AvgIpc) is 2.61. The van der Waals surface area contributed by atoms with Crippen molar-refractivity contribution in [2.45, 2.75) is 56.8 Å². The standard InChI is InChI=1S/C19H23BrO8/c1-11(21)25-16-15(10-24-9-14-7-5-4-6-8-14)28-19(20)18(27-13(3)23)17(16)26-12(2)22/h4-8,15-19H,9-10H2,1-3H3/t15-,16-,17+,18-,19+/m1/s1. The molecule has 0 aromatic heterocycles. The summed E-state index contributed by atoms with van der Waals surface area (Å²) in [6.07, 6.45) is -3.78. The van der Waals surface area contributed by atoms with Crippen LogP contribution < -0.4 is 0 Å². The van der Waals surface area contributed by atoms with Crippen LogP contribution in [0.5, 0.6) is 0 Å². The molecule has 0 amide bonds. The molecule has 0 bridgehead atoms. The highest BCUT2D eigenvalue weighted by molar-refractivity contribution is 9.09. The minimum Gasteiger partial charge on any atom is -0.456 e. The van der Waals surface area contributed by atoms with Crippen molar-refractivity contribution < 1.29 is 38.1 Å². The lowest BCUT2D eigenvalue weighted by Crippen LogP contribution is -2.60. The van der Waals surface area contributed by atoms with E-state index in [1.165, 1.54) is 20.8 Å². The first-order valence-electron chi connectivity index (χ1n) is 8.70. The van der Waals surface area contributed by atoms with E-state index in [2.05, 4.69) is 15.9 Å². The molecule has 1 aliphatic heterocycles. The molecule has 1 aliphatic rings. The Morgan fingerprint density at radius 2 is 1.43 bits per heavy atom. The molecule has 1 fully saturated rings. The predicted octanol–water partition coefficient (Wildman–Crippen LogP) is 2.12. The van der Waals surface area contributed by atoms with Crippen molar-refractivity contribution in [3.8, 4) is 0 Å². The van der Waals surface area contributed by atoms with Crippen molar-refractivity contribution >= 4 is 33.8 Å². The molecule has 0 saturated carbocycles. The number of benzene rings is 1. The number of rotatable bonds is 7. The Balaban J connectivity index is 2.16. The second-order valence-corrected chi connectivity index (χ2v) is 7.15. The van der Waals surface area contributed by atoms with Gasteiger partial charge in [0.15, 0.2) is 23.3 Å². The summed E-state index contributed by atoms with van der Waals surface area (Å²) in [6.45, 7) is 4.06. The Morgan fingerprint density at radius 3 is 2.00 bits per heavy atom. The van der Waals surface area contributed by atoms with Crippen molar-refractivity contribution in [1.29, 1.82) is 0 Å². The molecule has 5 atom stereocenters. The Hall–Kier alpha value is -1.97. The lowest BCUT2D eigenvalue weighted by molar-refractivity contribution is -0.237. The van der Waals surface area contributed by atoms with Gasteiger partial charge >= 0.3 is 17.9 Å². The van der Waals surface area contributed by atoms with Crippen molar-refractivity contribution in [1.82, 2.24) is 0 Å². The molecule has 0 unspecified atom stereocenters. The number of esters is 3. The van der Waals surface area contributed by atoms with E-state index in [0.29, 0.717) is 6.61 Å². The molecule has 0 spiro atoms. The molecule has 0 aliphatic carbocycles.